The molecule has 14 heteroatoms. The molecule has 0 spiro atoms. The van der Waals surface area contributed by atoms with E-state index in [0.717, 1.165) is 0 Å². The van der Waals surface area contributed by atoms with Crippen molar-refractivity contribution in [1.82, 2.24) is 20.4 Å². The fourth-order valence-corrected chi connectivity index (χ4v) is 4.95. The smallest absolute Gasteiger partial charge is 0.352 e. The number of fused-ring (bicyclic) bond motifs is 1. The van der Waals surface area contributed by atoms with Gasteiger partial charge in [-0.3, -0.25) is 14.5 Å². The molecule has 3 heterocycles. The largest absolute Gasteiger partial charge is 0.477 e. The predicted molar refractivity (Wildman–Crippen MR) is 101 cm³/mol. The van der Waals surface area contributed by atoms with Crippen LogP contribution >= 0.6 is 34.4 Å². The first-order valence-electron chi connectivity index (χ1n) is 7.36. The van der Waals surface area contributed by atoms with Gasteiger partial charge in [-0.1, -0.05) is 32.9 Å². The molecule has 0 bridgehead atoms. The van der Waals surface area contributed by atoms with Crippen LogP contribution in [-0.2, 0) is 19.2 Å². The lowest BCUT2D eigenvalue weighted by molar-refractivity contribution is -0.150. The zero-order valence-corrected chi connectivity index (χ0v) is 16.7. The normalized spacial score (nSPS) is 22.2. The third-order valence-corrected chi connectivity index (χ3v) is 6.01. The van der Waals surface area contributed by atoms with Crippen molar-refractivity contribution >= 4 is 63.9 Å². The Morgan fingerprint density at radius 2 is 2.33 bits per heavy atom. The number of thioether (sulfide) groups is 1. The lowest BCUT2D eigenvalue weighted by atomic mass is 10.0. The zero-order valence-electron chi connectivity index (χ0n) is 13.7. The molecular formula is C13H13IN6O6S. The molecule has 2 aliphatic rings. The first-order valence-corrected chi connectivity index (χ1v) is 9.94. The molecule has 1 fully saturated rings. The van der Waals surface area contributed by atoms with Crippen molar-refractivity contribution in [3.63, 3.8) is 0 Å². The monoisotopic (exact) mass is 508 g/mol. The van der Waals surface area contributed by atoms with Crippen LogP contribution in [0.25, 0.3) is 0 Å². The number of nitrogens with two attached hydrogens (primary N) is 1. The summed E-state index contributed by atoms with van der Waals surface area (Å²) in [6, 6.07) is -1.18. The van der Waals surface area contributed by atoms with E-state index in [9.17, 15) is 19.5 Å². The van der Waals surface area contributed by atoms with E-state index in [2.05, 4.69) is 52.6 Å². The minimum absolute atomic E-state index is 0.0274. The van der Waals surface area contributed by atoms with Crippen molar-refractivity contribution in [2.75, 3.05) is 23.0 Å². The average molecular weight is 508 g/mol. The summed E-state index contributed by atoms with van der Waals surface area (Å²) in [6.07, 6.45) is 0. The molecule has 2 amide bonds. The van der Waals surface area contributed by atoms with Crippen LogP contribution in [0.4, 0.5) is 6.01 Å². The highest BCUT2D eigenvalue weighted by atomic mass is 127. The molecule has 144 valence electrons. The zero-order chi connectivity index (χ0) is 19.7. The maximum absolute atomic E-state index is 12.5. The van der Waals surface area contributed by atoms with E-state index in [1.165, 1.54) is 23.8 Å². The number of carboxylic acid groups (broad SMARTS) is 1. The number of carboxylic acids is 1. The third-order valence-electron chi connectivity index (χ3n) is 3.75. The van der Waals surface area contributed by atoms with Gasteiger partial charge in [-0.2, -0.15) is 4.98 Å². The fourth-order valence-electron chi connectivity index (χ4n) is 2.60. The number of anilines is 1. The summed E-state index contributed by atoms with van der Waals surface area (Å²) >= 11 is 3.42. The molecule has 1 aromatic heterocycles. The predicted octanol–water partition coefficient (Wildman–Crippen LogP) is -0.824. The molecule has 2 atom stereocenters. The van der Waals surface area contributed by atoms with Crippen molar-refractivity contribution < 1.29 is 28.9 Å². The molecule has 0 radical (unpaired) electrons. The number of carbonyl (C=O) groups excluding carboxylic acids is 2. The van der Waals surface area contributed by atoms with E-state index in [0.29, 0.717) is 15.8 Å². The number of hydrogen-bond acceptors (Lipinski definition) is 10. The van der Waals surface area contributed by atoms with Crippen LogP contribution in [0.3, 0.4) is 0 Å². The Kier molecular flexibility index (Phi) is 5.54. The molecule has 3 rings (SSSR count). The number of alkyl halides is 1. The van der Waals surface area contributed by atoms with E-state index < -0.39 is 29.2 Å². The summed E-state index contributed by atoms with van der Waals surface area (Å²) in [6.45, 7) is 0. The molecule has 0 aromatic carbocycles. The Balaban J connectivity index is 1.79. The maximum Gasteiger partial charge on any atom is 0.352 e. The standard InChI is InChI=1S/C13H13IN6O6S/c1-25-18-5(8-17-13(15)26-19-8)9(21)16-6-10(22)20-7(12(23)24)4(2-14)3-27-11(6)20/h6,11H,2-3H2,1H3,(H,16,21)(H,23,24)(H2,15,17,19)/t6?,11-/m0/s1. The highest BCUT2D eigenvalue weighted by molar-refractivity contribution is 14.1. The number of nitrogen functional groups attached to an aromatic ring is 1. The third kappa shape index (κ3) is 3.45. The fraction of sp³-hybridized carbons (Fsp3) is 0.385. The summed E-state index contributed by atoms with van der Waals surface area (Å²) in [5, 5.41) is 18.4. The lowest BCUT2D eigenvalue weighted by Gasteiger charge is -2.49. The van der Waals surface area contributed by atoms with E-state index in [1.54, 1.807) is 0 Å². The number of halogens is 1. The summed E-state index contributed by atoms with van der Waals surface area (Å²) in [5.74, 6) is -2.23. The number of nitrogens with one attached hydrogen (secondary N) is 1. The second kappa shape index (κ2) is 7.71. The number of carbonyl (C=O) groups is 3. The second-order valence-corrected chi connectivity index (χ2v) is 7.20. The van der Waals surface area contributed by atoms with Gasteiger partial charge < -0.3 is 25.5 Å². The molecule has 1 unspecified atom stereocenters. The van der Waals surface area contributed by atoms with Crippen LogP contribution in [0, 0.1) is 0 Å². The Morgan fingerprint density at radius 1 is 1.59 bits per heavy atom. The molecule has 1 aromatic rings. The van der Waals surface area contributed by atoms with Crippen molar-refractivity contribution in [3.8, 4) is 0 Å². The Hall–Kier alpha value is -2.36. The van der Waals surface area contributed by atoms with Gasteiger partial charge in [0.2, 0.25) is 11.5 Å². The molecular weight excluding hydrogens is 495 g/mol. The number of β-lactam (4-membered cyclic amide) rings is 1. The van der Waals surface area contributed by atoms with Crippen LogP contribution in [0.2, 0.25) is 0 Å². The van der Waals surface area contributed by atoms with Crippen molar-refractivity contribution in [2.24, 2.45) is 5.16 Å². The van der Waals surface area contributed by atoms with Gasteiger partial charge in [-0.15, -0.1) is 11.8 Å². The number of hydrogen-bond donors (Lipinski definition) is 3. The quantitative estimate of drug-likeness (QED) is 0.145. The summed E-state index contributed by atoms with van der Waals surface area (Å²) in [5.41, 5.74) is 5.64. The number of oxime groups is 1. The SMILES string of the molecule is CON=C(C(=O)NC1C(=O)N2C(C(=O)O)=C(CI)CS[C@@H]12)c1noc(N)n1. The molecule has 12 nitrogen and oxygen atoms in total. The van der Waals surface area contributed by atoms with Gasteiger partial charge in [0.1, 0.15) is 24.2 Å². The van der Waals surface area contributed by atoms with E-state index in [4.69, 9.17) is 5.73 Å². The van der Waals surface area contributed by atoms with Crippen molar-refractivity contribution in [2.45, 2.75) is 11.4 Å². The van der Waals surface area contributed by atoms with Crippen molar-refractivity contribution in [3.05, 3.63) is 17.1 Å². The van der Waals surface area contributed by atoms with Gasteiger partial charge in [-0.05, 0) is 5.57 Å². The lowest BCUT2D eigenvalue weighted by Crippen LogP contribution is -2.71. The summed E-state index contributed by atoms with van der Waals surface area (Å²) in [7, 11) is 1.22. The summed E-state index contributed by atoms with van der Waals surface area (Å²) < 4.78 is 5.10. The van der Waals surface area contributed by atoms with Gasteiger partial charge >= 0.3 is 12.0 Å². The van der Waals surface area contributed by atoms with Crippen molar-refractivity contribution in [1.29, 1.82) is 0 Å². The molecule has 27 heavy (non-hydrogen) atoms. The first kappa shape index (κ1) is 19.4. The topological polar surface area (TPSA) is 173 Å². The Morgan fingerprint density at radius 3 is 2.89 bits per heavy atom. The average Bonchev–Trinajstić information content (AvgIpc) is 3.08. The van der Waals surface area contributed by atoms with Crippen LogP contribution < -0.4 is 11.1 Å². The molecule has 0 saturated carbocycles. The maximum atomic E-state index is 12.5. The molecule has 4 N–H and O–H groups in total. The van der Waals surface area contributed by atoms with Crippen LogP contribution in [0.5, 0.6) is 0 Å². The Labute approximate surface area is 169 Å². The molecule has 2 aliphatic heterocycles. The van der Waals surface area contributed by atoms with E-state index >= 15 is 0 Å². The number of amides is 2. The molecule has 0 aliphatic carbocycles. The van der Waals surface area contributed by atoms with Crippen LogP contribution in [0.15, 0.2) is 20.9 Å². The Bertz CT molecular complexity index is 869. The number of rotatable bonds is 6. The number of nitrogens with zero attached hydrogens (tertiary/aromatic N) is 4. The highest BCUT2D eigenvalue weighted by Gasteiger charge is 2.54. The van der Waals surface area contributed by atoms with Gasteiger partial charge in [0.25, 0.3) is 11.8 Å². The number of aliphatic carboxylic acids is 1. The number of aromatic nitrogens is 2. The minimum atomic E-state index is -1.17. The molecule has 1 saturated heterocycles. The van der Waals surface area contributed by atoms with E-state index in [1.807, 2.05) is 0 Å². The van der Waals surface area contributed by atoms with E-state index in [-0.39, 0.29) is 23.2 Å². The van der Waals surface area contributed by atoms with Crippen LogP contribution in [0.1, 0.15) is 5.82 Å². The summed E-state index contributed by atoms with van der Waals surface area (Å²) in [4.78, 5) is 46.0. The van der Waals surface area contributed by atoms with Gasteiger partial charge in [0, 0.05) is 10.2 Å². The van der Waals surface area contributed by atoms with Crippen LogP contribution in [-0.4, -0.2) is 72.3 Å². The van der Waals surface area contributed by atoms with Gasteiger partial charge in [-0.25, -0.2) is 4.79 Å². The van der Waals surface area contributed by atoms with Gasteiger partial charge in [0.15, 0.2) is 0 Å². The highest BCUT2D eigenvalue weighted by Crippen LogP contribution is 2.40. The first-order chi connectivity index (χ1) is 12.9. The van der Waals surface area contributed by atoms with Gasteiger partial charge in [0.05, 0.1) is 0 Å². The second-order valence-electron chi connectivity index (χ2n) is 5.33. The minimum Gasteiger partial charge on any atom is -0.477 e.